The van der Waals surface area contributed by atoms with Crippen LogP contribution in [0.15, 0.2) is 55.6 Å². The molecule has 0 saturated heterocycles. The summed E-state index contributed by atoms with van der Waals surface area (Å²) in [5.74, 6) is -0.229. The van der Waals surface area contributed by atoms with Crippen LogP contribution in [0.1, 0.15) is 35.2 Å². The van der Waals surface area contributed by atoms with Crippen LogP contribution in [0.25, 0.3) is 11.6 Å². The van der Waals surface area contributed by atoms with Gasteiger partial charge in [0.15, 0.2) is 0 Å². The zero-order chi connectivity index (χ0) is 17.0. The summed E-state index contributed by atoms with van der Waals surface area (Å²) in [5, 5.41) is 0. The van der Waals surface area contributed by atoms with Crippen molar-refractivity contribution in [2.75, 3.05) is 14.1 Å². The molecule has 0 radical (unpaired) electrons. The maximum atomic E-state index is 13.7. The molecule has 0 amide bonds. The fourth-order valence-corrected chi connectivity index (χ4v) is 2.85. The molecule has 0 bridgehead atoms. The van der Waals surface area contributed by atoms with E-state index in [0.717, 1.165) is 17.6 Å². The monoisotopic (exact) mass is 309 g/mol. The average molecular weight is 309 g/mol. The molecule has 1 nitrogen and oxygen atoms in total. The van der Waals surface area contributed by atoms with E-state index in [4.69, 9.17) is 0 Å². The lowest BCUT2D eigenvalue weighted by atomic mass is 9.91. The maximum absolute atomic E-state index is 13.7. The minimum Gasteiger partial charge on any atom is -0.302 e. The second-order valence-corrected chi connectivity index (χ2v) is 6.11. The highest BCUT2D eigenvalue weighted by molar-refractivity contribution is 5.65. The van der Waals surface area contributed by atoms with Crippen LogP contribution in [-0.4, -0.2) is 19.0 Å². The first kappa shape index (κ1) is 17.2. The van der Waals surface area contributed by atoms with Crippen molar-refractivity contribution in [2.45, 2.75) is 19.4 Å². The molecule has 2 aromatic rings. The molecule has 0 aliphatic heterocycles. The Morgan fingerprint density at radius 1 is 1.22 bits per heavy atom. The number of hydrogen-bond donors (Lipinski definition) is 0. The van der Waals surface area contributed by atoms with Crippen LogP contribution in [0.5, 0.6) is 0 Å². The van der Waals surface area contributed by atoms with Gasteiger partial charge in [0.25, 0.3) is 0 Å². The predicted molar refractivity (Wildman–Crippen MR) is 97.8 cm³/mol. The Morgan fingerprint density at radius 2 is 1.91 bits per heavy atom. The molecule has 0 fully saturated rings. The summed E-state index contributed by atoms with van der Waals surface area (Å²) >= 11 is 0. The number of nitrogens with zero attached hydrogens (tertiary/aromatic N) is 1. The van der Waals surface area contributed by atoms with E-state index in [0.29, 0.717) is 5.56 Å². The SMILES string of the molecule is C=Cc1cc(CC(c2ccccc2C(=C)C)N(C)C)ccc1F. The summed E-state index contributed by atoms with van der Waals surface area (Å²) in [4.78, 5) is 2.19. The van der Waals surface area contributed by atoms with Gasteiger partial charge in [0.2, 0.25) is 0 Å². The maximum Gasteiger partial charge on any atom is 0.130 e. The van der Waals surface area contributed by atoms with Crippen molar-refractivity contribution in [3.63, 3.8) is 0 Å². The molecule has 0 spiro atoms. The van der Waals surface area contributed by atoms with Gasteiger partial charge in [0, 0.05) is 11.6 Å². The topological polar surface area (TPSA) is 3.24 Å². The average Bonchev–Trinajstić information content (AvgIpc) is 2.53. The van der Waals surface area contributed by atoms with E-state index in [-0.39, 0.29) is 11.9 Å². The fourth-order valence-electron chi connectivity index (χ4n) is 2.85. The van der Waals surface area contributed by atoms with E-state index < -0.39 is 0 Å². The van der Waals surface area contributed by atoms with Gasteiger partial charge in [-0.05, 0) is 56.3 Å². The zero-order valence-corrected chi connectivity index (χ0v) is 14.1. The third-order valence-electron chi connectivity index (χ3n) is 4.11. The first-order valence-electron chi connectivity index (χ1n) is 7.76. The number of hydrogen-bond acceptors (Lipinski definition) is 1. The van der Waals surface area contributed by atoms with Gasteiger partial charge < -0.3 is 4.90 Å². The van der Waals surface area contributed by atoms with Crippen LogP contribution in [0.3, 0.4) is 0 Å². The molecule has 0 heterocycles. The van der Waals surface area contributed by atoms with Crippen molar-refractivity contribution in [1.29, 1.82) is 0 Å². The van der Waals surface area contributed by atoms with Gasteiger partial charge in [0.1, 0.15) is 5.82 Å². The number of allylic oxidation sites excluding steroid dienone is 1. The van der Waals surface area contributed by atoms with E-state index in [1.54, 1.807) is 6.08 Å². The fraction of sp³-hybridized carbons (Fsp3) is 0.238. The molecule has 2 aromatic carbocycles. The normalized spacial score (nSPS) is 12.2. The van der Waals surface area contributed by atoms with Crippen LogP contribution >= 0.6 is 0 Å². The molecule has 2 heteroatoms. The van der Waals surface area contributed by atoms with E-state index in [1.807, 2.05) is 25.1 Å². The number of likely N-dealkylation sites (N-methyl/N-ethyl adjacent to an activating group) is 1. The molecule has 0 saturated carbocycles. The first-order valence-corrected chi connectivity index (χ1v) is 7.76. The molecule has 23 heavy (non-hydrogen) atoms. The minimum atomic E-state index is -0.229. The zero-order valence-electron chi connectivity index (χ0n) is 14.1. The van der Waals surface area contributed by atoms with E-state index in [9.17, 15) is 4.39 Å². The van der Waals surface area contributed by atoms with Crippen LogP contribution in [0, 0.1) is 5.82 Å². The molecule has 1 unspecified atom stereocenters. The third-order valence-corrected chi connectivity index (χ3v) is 4.11. The van der Waals surface area contributed by atoms with Crippen LogP contribution in [0.2, 0.25) is 0 Å². The quantitative estimate of drug-likeness (QED) is 0.695. The Morgan fingerprint density at radius 3 is 2.52 bits per heavy atom. The standard InChI is InChI=1S/C21H24FN/c1-6-17-13-16(11-12-20(17)22)14-21(23(4)5)19-10-8-7-9-18(19)15(2)3/h6-13,21H,1-2,14H2,3-5H3. The molecule has 0 aliphatic carbocycles. The third kappa shape index (κ3) is 3.96. The lowest BCUT2D eigenvalue weighted by Gasteiger charge is -2.27. The largest absolute Gasteiger partial charge is 0.302 e. The molecule has 120 valence electrons. The van der Waals surface area contributed by atoms with Gasteiger partial charge in [-0.25, -0.2) is 4.39 Å². The van der Waals surface area contributed by atoms with Crippen molar-refractivity contribution in [3.05, 3.63) is 83.7 Å². The van der Waals surface area contributed by atoms with Gasteiger partial charge in [-0.15, -0.1) is 0 Å². The number of halogens is 1. The molecule has 2 rings (SSSR count). The van der Waals surface area contributed by atoms with Gasteiger partial charge in [-0.2, -0.15) is 0 Å². The Labute approximate surface area is 138 Å². The molecular weight excluding hydrogens is 285 g/mol. The second-order valence-electron chi connectivity index (χ2n) is 6.11. The Hall–Kier alpha value is -2.19. The summed E-state index contributed by atoms with van der Waals surface area (Å²) in [6.45, 7) is 9.80. The minimum absolute atomic E-state index is 0.200. The summed E-state index contributed by atoms with van der Waals surface area (Å²) in [5.41, 5.74) is 5.12. The first-order chi connectivity index (χ1) is 10.9. The van der Waals surface area contributed by atoms with Gasteiger partial charge >= 0.3 is 0 Å². The highest BCUT2D eigenvalue weighted by Crippen LogP contribution is 2.30. The summed E-state index contributed by atoms with van der Waals surface area (Å²) < 4.78 is 13.7. The van der Waals surface area contributed by atoms with Crippen molar-refractivity contribution >= 4 is 11.6 Å². The molecule has 0 N–H and O–H groups in total. The highest BCUT2D eigenvalue weighted by Gasteiger charge is 2.18. The predicted octanol–water partition coefficient (Wildman–Crippen LogP) is 5.35. The Bertz CT molecular complexity index is 716. The Balaban J connectivity index is 2.41. The highest BCUT2D eigenvalue weighted by atomic mass is 19.1. The van der Waals surface area contributed by atoms with Crippen molar-refractivity contribution in [1.82, 2.24) is 4.90 Å². The summed E-state index contributed by atoms with van der Waals surface area (Å²) in [6, 6.07) is 13.8. The Kier molecular flexibility index (Phi) is 5.51. The molecule has 0 aromatic heterocycles. The number of rotatable bonds is 6. The van der Waals surface area contributed by atoms with Gasteiger partial charge in [0.05, 0.1) is 0 Å². The van der Waals surface area contributed by atoms with Crippen molar-refractivity contribution in [2.24, 2.45) is 0 Å². The van der Waals surface area contributed by atoms with E-state index in [1.165, 1.54) is 17.2 Å². The van der Waals surface area contributed by atoms with E-state index >= 15 is 0 Å². The van der Waals surface area contributed by atoms with Crippen LogP contribution in [0.4, 0.5) is 4.39 Å². The van der Waals surface area contributed by atoms with Crippen LogP contribution in [-0.2, 0) is 6.42 Å². The molecular formula is C21H24FN. The molecule has 0 aliphatic rings. The number of benzene rings is 2. The van der Waals surface area contributed by atoms with Gasteiger partial charge in [-0.3, -0.25) is 0 Å². The van der Waals surface area contributed by atoms with Gasteiger partial charge in [-0.1, -0.05) is 55.1 Å². The van der Waals surface area contributed by atoms with E-state index in [2.05, 4.69) is 50.4 Å². The summed E-state index contributed by atoms with van der Waals surface area (Å²) in [6.07, 6.45) is 2.36. The smallest absolute Gasteiger partial charge is 0.130 e. The van der Waals surface area contributed by atoms with Crippen molar-refractivity contribution in [3.8, 4) is 0 Å². The van der Waals surface area contributed by atoms with Crippen LogP contribution < -0.4 is 0 Å². The second kappa shape index (κ2) is 7.38. The lowest BCUT2D eigenvalue weighted by Crippen LogP contribution is -2.23. The lowest BCUT2D eigenvalue weighted by molar-refractivity contribution is 0.297. The molecule has 1 atom stereocenters. The van der Waals surface area contributed by atoms with Crippen molar-refractivity contribution < 1.29 is 4.39 Å². The summed E-state index contributed by atoms with van der Waals surface area (Å²) in [7, 11) is 4.13.